The molecule has 0 spiro atoms. The Morgan fingerprint density at radius 2 is 1.71 bits per heavy atom. The lowest BCUT2D eigenvalue weighted by atomic mass is 9.82. The van der Waals surface area contributed by atoms with Crippen molar-refractivity contribution in [3.8, 4) is 0 Å². The Bertz CT molecular complexity index is 517. The first kappa shape index (κ1) is 12.1. The molecule has 3 nitrogen and oxygen atoms in total. The molecule has 0 aliphatic carbocycles. The van der Waals surface area contributed by atoms with Crippen LogP contribution in [0.5, 0.6) is 0 Å². The first-order valence-electron chi connectivity index (χ1n) is 6.11. The van der Waals surface area contributed by atoms with Gasteiger partial charge in [-0.25, -0.2) is 4.68 Å². The molecule has 3 heteroatoms. The van der Waals surface area contributed by atoms with Crippen LogP contribution in [0.25, 0.3) is 11.0 Å². The summed E-state index contributed by atoms with van der Waals surface area (Å²) in [6, 6.07) is 8.12. The Hall–Kier alpha value is -1.38. The van der Waals surface area contributed by atoms with E-state index >= 15 is 0 Å². The fourth-order valence-electron chi connectivity index (χ4n) is 2.69. The number of fused-ring (bicyclic) bond motifs is 1. The van der Waals surface area contributed by atoms with Gasteiger partial charge in [0.15, 0.2) is 0 Å². The summed E-state index contributed by atoms with van der Waals surface area (Å²) in [5.74, 6) is 0. The predicted octanol–water partition coefficient (Wildman–Crippen LogP) is 3.60. The monoisotopic (exact) mass is 231 g/mol. The van der Waals surface area contributed by atoms with E-state index in [1.807, 2.05) is 22.9 Å². The lowest BCUT2D eigenvalue weighted by Gasteiger charge is -2.32. The second-order valence-electron chi connectivity index (χ2n) is 6.54. The summed E-state index contributed by atoms with van der Waals surface area (Å²) in [5.41, 5.74) is 2.33. The molecule has 0 aliphatic heterocycles. The third-order valence-corrected chi connectivity index (χ3v) is 2.89. The van der Waals surface area contributed by atoms with E-state index in [0.717, 1.165) is 17.5 Å². The van der Waals surface area contributed by atoms with Crippen LogP contribution in [0.1, 0.15) is 41.0 Å². The lowest BCUT2D eigenvalue weighted by molar-refractivity contribution is 0.201. The largest absolute Gasteiger partial charge is 0.239 e. The number of benzene rings is 1. The third kappa shape index (κ3) is 2.48. The molecule has 0 atom stereocenters. The van der Waals surface area contributed by atoms with Crippen molar-refractivity contribution >= 4 is 11.0 Å². The Morgan fingerprint density at radius 1 is 1.06 bits per heavy atom. The Balaban J connectivity index is 2.45. The van der Waals surface area contributed by atoms with E-state index in [9.17, 15) is 0 Å². The van der Waals surface area contributed by atoms with Gasteiger partial charge in [0.1, 0.15) is 5.52 Å². The summed E-state index contributed by atoms with van der Waals surface area (Å²) in [7, 11) is 0. The number of aromatic nitrogens is 3. The van der Waals surface area contributed by atoms with Crippen molar-refractivity contribution in [3.05, 3.63) is 24.3 Å². The smallest absolute Gasteiger partial charge is 0.113 e. The van der Waals surface area contributed by atoms with Crippen molar-refractivity contribution in [2.75, 3.05) is 0 Å². The van der Waals surface area contributed by atoms with E-state index in [1.165, 1.54) is 0 Å². The van der Waals surface area contributed by atoms with Crippen molar-refractivity contribution in [1.29, 1.82) is 0 Å². The van der Waals surface area contributed by atoms with Gasteiger partial charge in [-0.15, -0.1) is 5.10 Å². The molecule has 1 aromatic heterocycles. The van der Waals surface area contributed by atoms with Crippen LogP contribution < -0.4 is 0 Å². The minimum absolute atomic E-state index is 0.0195. The highest BCUT2D eigenvalue weighted by Gasteiger charge is 2.29. The quantitative estimate of drug-likeness (QED) is 0.790. The zero-order valence-electron chi connectivity index (χ0n) is 11.4. The van der Waals surface area contributed by atoms with Crippen LogP contribution >= 0.6 is 0 Å². The number of hydrogen-bond donors (Lipinski definition) is 0. The van der Waals surface area contributed by atoms with Crippen molar-refractivity contribution in [2.45, 2.75) is 46.6 Å². The van der Waals surface area contributed by atoms with Gasteiger partial charge in [0.2, 0.25) is 0 Å². The molecular weight excluding hydrogens is 210 g/mol. The van der Waals surface area contributed by atoms with Gasteiger partial charge in [0.05, 0.1) is 11.1 Å². The van der Waals surface area contributed by atoms with E-state index in [4.69, 9.17) is 0 Å². The van der Waals surface area contributed by atoms with E-state index < -0.39 is 0 Å². The normalized spacial score (nSPS) is 13.2. The van der Waals surface area contributed by atoms with Crippen LogP contribution in [0.2, 0.25) is 0 Å². The van der Waals surface area contributed by atoms with Crippen LogP contribution in [0.3, 0.4) is 0 Å². The molecule has 0 fully saturated rings. The number of nitrogens with zero attached hydrogens (tertiary/aromatic N) is 3. The van der Waals surface area contributed by atoms with E-state index in [1.54, 1.807) is 0 Å². The molecule has 17 heavy (non-hydrogen) atoms. The topological polar surface area (TPSA) is 30.7 Å². The number of hydrogen-bond acceptors (Lipinski definition) is 2. The van der Waals surface area contributed by atoms with Gasteiger partial charge < -0.3 is 0 Å². The highest BCUT2D eigenvalue weighted by Crippen LogP contribution is 2.33. The first-order chi connectivity index (χ1) is 7.80. The van der Waals surface area contributed by atoms with Crippen molar-refractivity contribution in [1.82, 2.24) is 15.0 Å². The average Bonchev–Trinajstić information content (AvgIpc) is 2.57. The first-order valence-corrected chi connectivity index (χ1v) is 6.11. The highest BCUT2D eigenvalue weighted by molar-refractivity contribution is 5.74. The molecule has 0 amide bonds. The third-order valence-electron chi connectivity index (χ3n) is 2.89. The fourth-order valence-corrected chi connectivity index (χ4v) is 2.69. The molecule has 0 N–H and O–H groups in total. The second-order valence-corrected chi connectivity index (χ2v) is 6.54. The van der Waals surface area contributed by atoms with E-state index in [-0.39, 0.29) is 11.0 Å². The average molecular weight is 231 g/mol. The maximum Gasteiger partial charge on any atom is 0.113 e. The lowest BCUT2D eigenvalue weighted by Crippen LogP contribution is -2.32. The van der Waals surface area contributed by atoms with Gasteiger partial charge in [-0.05, 0) is 37.8 Å². The summed E-state index contributed by atoms with van der Waals surface area (Å²) in [4.78, 5) is 0. The van der Waals surface area contributed by atoms with Gasteiger partial charge in [-0.1, -0.05) is 38.1 Å². The molecule has 0 saturated heterocycles. The maximum absolute atomic E-state index is 4.32. The van der Waals surface area contributed by atoms with Crippen molar-refractivity contribution in [3.63, 3.8) is 0 Å². The molecule has 2 rings (SSSR count). The molecule has 0 unspecified atom stereocenters. The molecule has 0 bridgehead atoms. The molecule has 0 radical (unpaired) electrons. The standard InChI is InChI=1S/C14H21N3/c1-13(2,3)10-14(4,5)17-12-9-7-6-8-11(12)15-16-17/h6-9H,10H2,1-5H3. The molecule has 0 saturated carbocycles. The van der Waals surface area contributed by atoms with Gasteiger partial charge >= 0.3 is 0 Å². The molecule has 0 aliphatic rings. The molecule has 92 valence electrons. The summed E-state index contributed by atoms with van der Waals surface area (Å²) in [6.07, 6.45) is 1.06. The molecule has 1 aromatic carbocycles. The highest BCUT2D eigenvalue weighted by atomic mass is 15.4. The Kier molecular flexibility index (Phi) is 2.72. The maximum atomic E-state index is 4.32. The molecule has 1 heterocycles. The Labute approximate surface area is 103 Å². The predicted molar refractivity (Wildman–Crippen MR) is 70.9 cm³/mol. The van der Waals surface area contributed by atoms with E-state index in [2.05, 4.69) is 51.0 Å². The summed E-state index contributed by atoms with van der Waals surface area (Å²) >= 11 is 0. The molecular formula is C14H21N3. The molecule has 2 aromatic rings. The van der Waals surface area contributed by atoms with Crippen molar-refractivity contribution in [2.24, 2.45) is 5.41 Å². The van der Waals surface area contributed by atoms with Crippen LogP contribution in [0.15, 0.2) is 24.3 Å². The SMILES string of the molecule is CC(C)(C)CC(C)(C)n1nnc2ccccc21. The van der Waals surface area contributed by atoms with Gasteiger partial charge in [0.25, 0.3) is 0 Å². The zero-order chi connectivity index (χ0) is 12.7. The summed E-state index contributed by atoms with van der Waals surface area (Å²) < 4.78 is 2.05. The summed E-state index contributed by atoms with van der Waals surface area (Å²) in [5, 5.41) is 8.55. The van der Waals surface area contributed by atoms with Gasteiger partial charge in [-0.3, -0.25) is 0 Å². The van der Waals surface area contributed by atoms with Gasteiger partial charge in [0, 0.05) is 0 Å². The van der Waals surface area contributed by atoms with Crippen LogP contribution in [0.4, 0.5) is 0 Å². The fraction of sp³-hybridized carbons (Fsp3) is 0.571. The minimum Gasteiger partial charge on any atom is -0.239 e. The van der Waals surface area contributed by atoms with Gasteiger partial charge in [-0.2, -0.15) is 0 Å². The van der Waals surface area contributed by atoms with Crippen LogP contribution in [-0.2, 0) is 5.54 Å². The Morgan fingerprint density at radius 3 is 2.35 bits per heavy atom. The summed E-state index contributed by atoms with van der Waals surface area (Å²) in [6.45, 7) is 11.2. The zero-order valence-corrected chi connectivity index (χ0v) is 11.4. The minimum atomic E-state index is -0.0195. The van der Waals surface area contributed by atoms with E-state index in [0.29, 0.717) is 0 Å². The number of rotatable bonds is 2. The van der Waals surface area contributed by atoms with Crippen LogP contribution in [-0.4, -0.2) is 15.0 Å². The van der Waals surface area contributed by atoms with Crippen molar-refractivity contribution < 1.29 is 0 Å². The second kappa shape index (κ2) is 3.83. The van der Waals surface area contributed by atoms with Crippen LogP contribution in [0, 0.1) is 5.41 Å². The number of para-hydroxylation sites is 1.